The molecule has 0 amide bonds. The number of benzene rings is 1. The highest BCUT2D eigenvalue weighted by molar-refractivity contribution is 6.62. The standard InChI is InChI=1S/C19H23BClN3O3/c1-6-9-19(25,11-16-22-12-23-24-16)14-8-7-13(10-15(14)21)20-26-17(2,3)18(4,5)27-20/h7-8,10,12,25H,11H2,1-5H3,(H,22,23,24). The van der Waals surface area contributed by atoms with Crippen molar-refractivity contribution in [1.29, 1.82) is 0 Å². The van der Waals surface area contributed by atoms with E-state index in [-0.39, 0.29) is 6.42 Å². The molecule has 1 saturated heterocycles. The second kappa shape index (κ2) is 6.95. The van der Waals surface area contributed by atoms with Gasteiger partial charge in [0.1, 0.15) is 6.33 Å². The highest BCUT2D eigenvalue weighted by atomic mass is 35.5. The molecule has 2 heterocycles. The predicted octanol–water partition coefficient (Wildman–Crippen LogP) is 2.21. The fourth-order valence-corrected chi connectivity index (χ4v) is 3.30. The van der Waals surface area contributed by atoms with E-state index in [1.54, 1.807) is 19.1 Å². The average molecular weight is 388 g/mol. The molecule has 1 unspecified atom stereocenters. The summed E-state index contributed by atoms with van der Waals surface area (Å²) < 4.78 is 12.1. The van der Waals surface area contributed by atoms with E-state index in [2.05, 4.69) is 27.0 Å². The Morgan fingerprint density at radius 1 is 1.26 bits per heavy atom. The Balaban J connectivity index is 1.93. The van der Waals surface area contributed by atoms with Gasteiger partial charge in [0.25, 0.3) is 0 Å². The van der Waals surface area contributed by atoms with Crippen LogP contribution < -0.4 is 5.46 Å². The van der Waals surface area contributed by atoms with Gasteiger partial charge in [0.2, 0.25) is 0 Å². The van der Waals surface area contributed by atoms with Crippen molar-refractivity contribution in [3.8, 4) is 11.8 Å². The first-order valence-corrected chi connectivity index (χ1v) is 9.12. The summed E-state index contributed by atoms with van der Waals surface area (Å²) in [4.78, 5) is 4.07. The highest BCUT2D eigenvalue weighted by Crippen LogP contribution is 2.37. The second-order valence-electron chi connectivity index (χ2n) is 7.65. The monoisotopic (exact) mass is 387 g/mol. The topological polar surface area (TPSA) is 80.3 Å². The summed E-state index contributed by atoms with van der Waals surface area (Å²) >= 11 is 6.52. The van der Waals surface area contributed by atoms with E-state index in [4.69, 9.17) is 20.9 Å². The third kappa shape index (κ3) is 3.76. The van der Waals surface area contributed by atoms with Crippen molar-refractivity contribution >= 4 is 24.2 Å². The van der Waals surface area contributed by atoms with Crippen molar-refractivity contribution in [1.82, 2.24) is 15.2 Å². The maximum atomic E-state index is 11.1. The van der Waals surface area contributed by atoms with Crippen LogP contribution in [-0.2, 0) is 21.3 Å². The van der Waals surface area contributed by atoms with Gasteiger partial charge < -0.3 is 14.4 Å². The number of nitrogens with one attached hydrogen (secondary N) is 1. The van der Waals surface area contributed by atoms with E-state index in [1.165, 1.54) is 6.33 Å². The highest BCUT2D eigenvalue weighted by Gasteiger charge is 2.51. The van der Waals surface area contributed by atoms with Crippen LogP contribution in [-0.4, -0.2) is 38.6 Å². The second-order valence-corrected chi connectivity index (χ2v) is 8.06. The number of halogens is 1. The summed E-state index contributed by atoms with van der Waals surface area (Å²) in [5.74, 6) is 6.05. The molecule has 1 fully saturated rings. The molecule has 1 aromatic heterocycles. The SMILES string of the molecule is CC#CC(O)(Cc1nc[nH]n1)c1ccc(B2OC(C)(C)C(C)(C)O2)cc1Cl. The normalized spacial score (nSPS) is 20.0. The van der Waals surface area contributed by atoms with Gasteiger partial charge >= 0.3 is 7.12 Å². The lowest BCUT2D eigenvalue weighted by molar-refractivity contribution is 0.00578. The molecule has 6 nitrogen and oxygen atoms in total. The molecule has 1 aromatic carbocycles. The molecule has 0 aliphatic carbocycles. The van der Waals surface area contributed by atoms with Crippen LogP contribution in [0.15, 0.2) is 24.5 Å². The number of aliphatic hydroxyl groups is 1. The summed E-state index contributed by atoms with van der Waals surface area (Å²) in [5, 5.41) is 18.2. The minimum Gasteiger partial charge on any atom is -0.399 e. The molecule has 1 aliphatic rings. The third-order valence-electron chi connectivity index (χ3n) is 5.17. The maximum absolute atomic E-state index is 11.1. The van der Waals surface area contributed by atoms with Crippen LogP contribution in [0.1, 0.15) is 46.0 Å². The van der Waals surface area contributed by atoms with E-state index in [9.17, 15) is 5.11 Å². The Labute approximate surface area is 164 Å². The minimum atomic E-state index is -1.50. The van der Waals surface area contributed by atoms with Crippen LogP contribution in [0.25, 0.3) is 0 Å². The predicted molar refractivity (Wildman–Crippen MR) is 105 cm³/mol. The van der Waals surface area contributed by atoms with E-state index < -0.39 is 23.9 Å². The molecule has 2 N–H and O–H groups in total. The lowest BCUT2D eigenvalue weighted by Crippen LogP contribution is -2.41. The molecule has 27 heavy (non-hydrogen) atoms. The molecule has 1 aliphatic heterocycles. The van der Waals surface area contributed by atoms with Crippen molar-refractivity contribution in [3.63, 3.8) is 0 Å². The van der Waals surface area contributed by atoms with Crippen LogP contribution in [0.4, 0.5) is 0 Å². The summed E-state index contributed by atoms with van der Waals surface area (Å²) in [6, 6.07) is 5.34. The van der Waals surface area contributed by atoms with Gasteiger partial charge in [-0.25, -0.2) is 4.98 Å². The van der Waals surface area contributed by atoms with Crippen molar-refractivity contribution < 1.29 is 14.4 Å². The zero-order valence-electron chi connectivity index (χ0n) is 16.1. The summed E-state index contributed by atoms with van der Waals surface area (Å²) in [7, 11) is -0.528. The average Bonchev–Trinajstić information content (AvgIpc) is 3.13. The van der Waals surface area contributed by atoms with Gasteiger partial charge in [-0.1, -0.05) is 29.7 Å². The van der Waals surface area contributed by atoms with Crippen LogP contribution in [0, 0.1) is 11.8 Å². The molecule has 0 bridgehead atoms. The van der Waals surface area contributed by atoms with E-state index in [0.29, 0.717) is 16.4 Å². The fourth-order valence-electron chi connectivity index (χ4n) is 2.96. The quantitative estimate of drug-likeness (QED) is 0.621. The third-order valence-corrected chi connectivity index (χ3v) is 5.49. The fraction of sp³-hybridized carbons (Fsp3) is 0.474. The van der Waals surface area contributed by atoms with E-state index >= 15 is 0 Å². The van der Waals surface area contributed by atoms with Gasteiger partial charge in [0, 0.05) is 10.6 Å². The number of aromatic amines is 1. The van der Waals surface area contributed by atoms with Gasteiger partial charge in [0.15, 0.2) is 11.4 Å². The Bertz CT molecular complexity index is 873. The van der Waals surface area contributed by atoms with Crippen LogP contribution in [0.3, 0.4) is 0 Å². The Kier molecular flexibility index (Phi) is 5.13. The van der Waals surface area contributed by atoms with Gasteiger partial charge in [-0.2, -0.15) is 5.10 Å². The number of hydrogen-bond donors (Lipinski definition) is 2. The molecular weight excluding hydrogens is 364 g/mol. The van der Waals surface area contributed by atoms with Crippen molar-refractivity contribution in [2.45, 2.75) is 57.8 Å². The Morgan fingerprint density at radius 2 is 1.93 bits per heavy atom. The van der Waals surface area contributed by atoms with Crippen LogP contribution in [0.5, 0.6) is 0 Å². The van der Waals surface area contributed by atoms with Gasteiger partial charge in [-0.3, -0.25) is 5.10 Å². The Morgan fingerprint density at radius 3 is 2.44 bits per heavy atom. The number of rotatable bonds is 4. The van der Waals surface area contributed by atoms with E-state index in [1.807, 2.05) is 33.8 Å². The Hall–Kier alpha value is -1.85. The van der Waals surface area contributed by atoms with Crippen molar-refractivity contribution in [2.75, 3.05) is 0 Å². The first-order chi connectivity index (χ1) is 12.6. The zero-order chi connectivity index (χ0) is 19.9. The summed E-state index contributed by atoms with van der Waals surface area (Å²) in [5.41, 5.74) is -1.11. The van der Waals surface area contributed by atoms with Crippen LogP contribution in [0.2, 0.25) is 5.02 Å². The number of aromatic nitrogens is 3. The molecule has 1 atom stereocenters. The largest absolute Gasteiger partial charge is 0.494 e. The van der Waals surface area contributed by atoms with Gasteiger partial charge in [-0.15, -0.1) is 5.92 Å². The maximum Gasteiger partial charge on any atom is 0.494 e. The summed E-state index contributed by atoms with van der Waals surface area (Å²) in [6.45, 7) is 9.64. The lowest BCUT2D eigenvalue weighted by atomic mass is 9.77. The molecular formula is C19H23BClN3O3. The molecule has 2 aromatic rings. The molecule has 8 heteroatoms. The molecule has 0 spiro atoms. The first-order valence-electron chi connectivity index (χ1n) is 8.74. The summed E-state index contributed by atoms with van der Waals surface area (Å²) in [6.07, 6.45) is 1.57. The zero-order valence-corrected chi connectivity index (χ0v) is 16.9. The van der Waals surface area contributed by atoms with E-state index in [0.717, 1.165) is 5.46 Å². The van der Waals surface area contributed by atoms with Gasteiger partial charge in [-0.05, 0) is 46.1 Å². The minimum absolute atomic E-state index is 0.118. The van der Waals surface area contributed by atoms with Gasteiger partial charge in [0.05, 0.1) is 17.6 Å². The number of hydrogen-bond acceptors (Lipinski definition) is 5. The molecule has 3 rings (SSSR count). The van der Waals surface area contributed by atoms with Crippen molar-refractivity contribution in [3.05, 3.63) is 40.9 Å². The van der Waals surface area contributed by atoms with Crippen molar-refractivity contribution in [2.24, 2.45) is 0 Å². The lowest BCUT2D eigenvalue weighted by Gasteiger charge is -2.32. The molecule has 0 radical (unpaired) electrons. The number of nitrogens with zero attached hydrogens (tertiary/aromatic N) is 2. The smallest absolute Gasteiger partial charge is 0.399 e. The van der Waals surface area contributed by atoms with Crippen LogP contribution >= 0.6 is 11.6 Å². The first kappa shape index (κ1) is 19.9. The number of H-pyrrole nitrogens is 1. The molecule has 0 saturated carbocycles. The molecule has 142 valence electrons.